The van der Waals surface area contributed by atoms with E-state index in [2.05, 4.69) is 39.6 Å². The summed E-state index contributed by atoms with van der Waals surface area (Å²) in [5.41, 5.74) is 2.20. The van der Waals surface area contributed by atoms with Crippen LogP contribution in [0, 0.1) is 18.8 Å². The van der Waals surface area contributed by atoms with Gasteiger partial charge in [-0.2, -0.15) is 5.10 Å². The molecule has 0 bridgehead atoms. The molecular weight excluding hydrogens is 336 g/mol. The highest BCUT2D eigenvalue weighted by Crippen LogP contribution is 2.38. The molecule has 1 aliphatic carbocycles. The fourth-order valence-corrected chi connectivity index (χ4v) is 4.40. The Morgan fingerprint density at radius 2 is 2.10 bits per heavy atom. The zero-order valence-corrected chi connectivity index (χ0v) is 15.2. The van der Waals surface area contributed by atoms with E-state index in [1.54, 1.807) is 0 Å². The topological polar surface area (TPSA) is 17.8 Å². The van der Waals surface area contributed by atoms with Crippen LogP contribution in [0.1, 0.15) is 57.3 Å². The highest BCUT2D eigenvalue weighted by molar-refractivity contribution is 9.09. The van der Waals surface area contributed by atoms with Crippen LogP contribution in [0.2, 0.25) is 5.02 Å². The molecule has 1 heterocycles. The van der Waals surface area contributed by atoms with Crippen molar-refractivity contribution in [1.29, 1.82) is 0 Å². The number of alkyl halides is 1. The lowest BCUT2D eigenvalue weighted by atomic mass is 9.77. The van der Waals surface area contributed by atoms with Crippen LogP contribution in [0.4, 0.5) is 0 Å². The van der Waals surface area contributed by atoms with Gasteiger partial charge < -0.3 is 0 Å². The summed E-state index contributed by atoms with van der Waals surface area (Å²) in [7, 11) is 0. The van der Waals surface area contributed by atoms with E-state index in [1.165, 1.54) is 37.8 Å². The van der Waals surface area contributed by atoms with Crippen molar-refractivity contribution >= 4 is 27.5 Å². The molecule has 3 atom stereocenters. The second-order valence-electron chi connectivity index (χ2n) is 6.11. The van der Waals surface area contributed by atoms with Crippen LogP contribution in [0.25, 0.3) is 0 Å². The summed E-state index contributed by atoms with van der Waals surface area (Å²) >= 11 is 10.4. The number of hydrogen-bond donors (Lipinski definition) is 0. The van der Waals surface area contributed by atoms with Crippen LogP contribution in [0.15, 0.2) is 0 Å². The summed E-state index contributed by atoms with van der Waals surface area (Å²) in [6, 6.07) is 0. The summed E-state index contributed by atoms with van der Waals surface area (Å²) in [6.45, 7) is 7.34. The molecule has 0 aliphatic heterocycles. The van der Waals surface area contributed by atoms with Crippen molar-refractivity contribution in [3.63, 3.8) is 0 Å². The molecule has 1 aromatic rings. The molecule has 1 aliphatic rings. The van der Waals surface area contributed by atoms with E-state index in [0.717, 1.165) is 29.6 Å². The first-order valence-corrected chi connectivity index (χ1v) is 9.21. The van der Waals surface area contributed by atoms with Crippen LogP contribution < -0.4 is 0 Å². The van der Waals surface area contributed by atoms with Crippen molar-refractivity contribution in [3.8, 4) is 0 Å². The Morgan fingerprint density at radius 3 is 2.75 bits per heavy atom. The Bertz CT molecular complexity index is 444. The van der Waals surface area contributed by atoms with Crippen LogP contribution in [-0.4, -0.2) is 14.6 Å². The molecule has 0 radical (unpaired) electrons. The van der Waals surface area contributed by atoms with E-state index in [4.69, 9.17) is 11.6 Å². The molecule has 20 heavy (non-hydrogen) atoms. The molecule has 1 fully saturated rings. The molecule has 0 spiro atoms. The van der Waals surface area contributed by atoms with Gasteiger partial charge in [-0.15, -0.1) is 0 Å². The molecule has 0 saturated heterocycles. The Kier molecular flexibility index (Phi) is 5.97. The standard InChI is InChI=1S/C16H26BrClN2/c1-4-6-12-7-8-14(17)13(9-12)10-15-16(18)11(3)19-20(15)5-2/h12-14H,4-10H2,1-3H3. The van der Waals surface area contributed by atoms with Gasteiger partial charge in [0.2, 0.25) is 0 Å². The molecule has 2 nitrogen and oxygen atoms in total. The van der Waals surface area contributed by atoms with E-state index in [1.807, 2.05) is 6.92 Å². The maximum absolute atomic E-state index is 6.46. The second-order valence-corrected chi connectivity index (χ2v) is 7.66. The SMILES string of the molecule is CCCC1CCC(Br)C(Cc2c(Cl)c(C)nn2CC)C1. The first-order valence-electron chi connectivity index (χ1n) is 7.92. The number of aromatic nitrogens is 2. The zero-order chi connectivity index (χ0) is 14.7. The van der Waals surface area contributed by atoms with E-state index >= 15 is 0 Å². The van der Waals surface area contributed by atoms with Crippen molar-refractivity contribution in [2.45, 2.75) is 70.7 Å². The second kappa shape index (κ2) is 7.31. The number of halogens is 2. The molecular formula is C16H26BrClN2. The molecule has 1 aromatic heterocycles. The predicted molar refractivity (Wildman–Crippen MR) is 89.8 cm³/mol. The summed E-state index contributed by atoms with van der Waals surface area (Å²) in [4.78, 5) is 0.632. The highest BCUT2D eigenvalue weighted by atomic mass is 79.9. The lowest BCUT2D eigenvalue weighted by Gasteiger charge is -2.33. The van der Waals surface area contributed by atoms with E-state index < -0.39 is 0 Å². The van der Waals surface area contributed by atoms with Crippen LogP contribution in [-0.2, 0) is 13.0 Å². The lowest BCUT2D eigenvalue weighted by molar-refractivity contribution is 0.260. The molecule has 1 saturated carbocycles. The van der Waals surface area contributed by atoms with Gasteiger partial charge >= 0.3 is 0 Å². The largest absolute Gasteiger partial charge is 0.268 e. The Hall–Kier alpha value is -0.0200. The normalized spacial score (nSPS) is 26.9. The van der Waals surface area contributed by atoms with Crippen molar-refractivity contribution < 1.29 is 0 Å². The van der Waals surface area contributed by atoms with Gasteiger partial charge in [0, 0.05) is 11.4 Å². The summed E-state index contributed by atoms with van der Waals surface area (Å²) in [5.74, 6) is 1.59. The van der Waals surface area contributed by atoms with Crippen molar-refractivity contribution in [3.05, 3.63) is 16.4 Å². The summed E-state index contributed by atoms with van der Waals surface area (Å²) in [6.07, 6.45) is 7.73. The van der Waals surface area contributed by atoms with Gasteiger partial charge in [-0.1, -0.05) is 47.3 Å². The number of aryl methyl sites for hydroxylation is 2. The third-order valence-corrected chi connectivity index (χ3v) is 6.30. The van der Waals surface area contributed by atoms with Gasteiger partial charge in [-0.3, -0.25) is 4.68 Å². The summed E-state index contributed by atoms with van der Waals surface area (Å²) in [5, 5.41) is 5.42. The maximum Gasteiger partial charge on any atom is 0.0847 e. The minimum absolute atomic E-state index is 0.632. The lowest BCUT2D eigenvalue weighted by Crippen LogP contribution is -2.27. The third-order valence-electron chi connectivity index (χ3n) is 4.60. The van der Waals surface area contributed by atoms with E-state index in [0.29, 0.717) is 10.7 Å². The summed E-state index contributed by atoms with van der Waals surface area (Å²) < 4.78 is 2.08. The van der Waals surface area contributed by atoms with E-state index in [-0.39, 0.29) is 0 Å². The maximum atomic E-state index is 6.46. The highest BCUT2D eigenvalue weighted by Gasteiger charge is 2.30. The van der Waals surface area contributed by atoms with Crippen molar-refractivity contribution in [2.24, 2.45) is 11.8 Å². The fourth-order valence-electron chi connectivity index (χ4n) is 3.52. The smallest absolute Gasteiger partial charge is 0.0847 e. The molecule has 114 valence electrons. The number of rotatable bonds is 5. The Labute approximate surface area is 136 Å². The monoisotopic (exact) mass is 360 g/mol. The fraction of sp³-hybridized carbons (Fsp3) is 0.812. The Balaban J connectivity index is 2.11. The average Bonchev–Trinajstić information content (AvgIpc) is 2.70. The minimum Gasteiger partial charge on any atom is -0.268 e. The molecule has 0 N–H and O–H groups in total. The quantitative estimate of drug-likeness (QED) is 0.643. The van der Waals surface area contributed by atoms with Crippen LogP contribution in [0.3, 0.4) is 0 Å². The molecule has 2 rings (SSSR count). The molecule has 0 amide bonds. The van der Waals surface area contributed by atoms with Gasteiger partial charge in [0.05, 0.1) is 16.4 Å². The van der Waals surface area contributed by atoms with Gasteiger partial charge in [0.25, 0.3) is 0 Å². The third kappa shape index (κ3) is 3.59. The van der Waals surface area contributed by atoms with E-state index in [9.17, 15) is 0 Å². The number of nitrogens with zero attached hydrogens (tertiary/aromatic N) is 2. The average molecular weight is 362 g/mol. The van der Waals surface area contributed by atoms with Gasteiger partial charge in [-0.25, -0.2) is 0 Å². The predicted octanol–water partition coefficient (Wildman–Crippen LogP) is 5.39. The first-order chi connectivity index (χ1) is 9.56. The van der Waals surface area contributed by atoms with Gasteiger partial charge in [0.1, 0.15) is 0 Å². The van der Waals surface area contributed by atoms with Crippen LogP contribution in [0.5, 0.6) is 0 Å². The zero-order valence-electron chi connectivity index (χ0n) is 12.8. The number of hydrogen-bond acceptors (Lipinski definition) is 1. The van der Waals surface area contributed by atoms with Gasteiger partial charge in [0.15, 0.2) is 0 Å². The molecule has 4 heteroatoms. The van der Waals surface area contributed by atoms with Crippen LogP contribution >= 0.6 is 27.5 Å². The van der Waals surface area contributed by atoms with Gasteiger partial charge in [-0.05, 0) is 51.4 Å². The molecule has 3 unspecified atom stereocenters. The van der Waals surface area contributed by atoms with Crippen molar-refractivity contribution in [1.82, 2.24) is 9.78 Å². The molecule has 0 aromatic carbocycles. The Morgan fingerprint density at radius 1 is 1.35 bits per heavy atom. The minimum atomic E-state index is 0.632. The van der Waals surface area contributed by atoms with Crippen molar-refractivity contribution in [2.75, 3.05) is 0 Å². The first kappa shape index (κ1) is 16.4.